The van der Waals surface area contributed by atoms with Crippen molar-refractivity contribution in [3.05, 3.63) is 59.2 Å². The van der Waals surface area contributed by atoms with E-state index in [1.165, 1.54) is 11.6 Å². The first kappa shape index (κ1) is 16.5. The van der Waals surface area contributed by atoms with Gasteiger partial charge in [0.05, 0.1) is 17.8 Å². The minimum Gasteiger partial charge on any atom is -0.492 e. The van der Waals surface area contributed by atoms with Gasteiger partial charge in [0.25, 0.3) is 5.91 Å². The van der Waals surface area contributed by atoms with Crippen molar-refractivity contribution in [1.82, 2.24) is 5.32 Å². The predicted octanol–water partition coefficient (Wildman–Crippen LogP) is 3.08. The molecule has 0 fully saturated rings. The van der Waals surface area contributed by atoms with Crippen LogP contribution < -0.4 is 10.1 Å². The van der Waals surface area contributed by atoms with E-state index in [9.17, 15) is 9.59 Å². The normalized spacial score (nSPS) is 9.83. The van der Waals surface area contributed by atoms with Gasteiger partial charge >= 0.3 is 0 Å². The minimum atomic E-state index is -0.303. The van der Waals surface area contributed by atoms with Gasteiger partial charge in [0.2, 0.25) is 6.08 Å². The lowest BCUT2D eigenvalue weighted by molar-refractivity contribution is 0.0947. The van der Waals surface area contributed by atoms with E-state index in [1.54, 1.807) is 24.3 Å². The van der Waals surface area contributed by atoms with Gasteiger partial charge < -0.3 is 10.1 Å². The van der Waals surface area contributed by atoms with Crippen LogP contribution in [0.25, 0.3) is 0 Å². The van der Waals surface area contributed by atoms with Crippen LogP contribution in [-0.4, -0.2) is 25.1 Å². The molecule has 2 rings (SSSR count). The fraction of sp³-hybridized carbons (Fsp3) is 0.222. The maximum absolute atomic E-state index is 12.1. The van der Waals surface area contributed by atoms with Crippen LogP contribution in [-0.2, 0) is 4.79 Å². The predicted molar refractivity (Wildman–Crippen MR) is 88.0 cm³/mol. The number of ether oxygens (including phenoxy) is 1. The number of aryl methyl sites for hydroxylation is 2. The maximum atomic E-state index is 12.1. The molecular weight excluding hydrogens is 292 g/mol. The SMILES string of the molecule is Cc1ccc(OCCNC(=O)c2ccccc2N=C=O)cc1C. The Morgan fingerprint density at radius 2 is 1.96 bits per heavy atom. The molecule has 118 valence electrons. The van der Waals surface area contributed by atoms with Gasteiger partial charge in [0, 0.05) is 0 Å². The average Bonchev–Trinajstić information content (AvgIpc) is 2.55. The second-order valence-electron chi connectivity index (χ2n) is 5.07. The van der Waals surface area contributed by atoms with Crippen LogP contribution in [0.3, 0.4) is 0 Å². The van der Waals surface area contributed by atoms with Crippen molar-refractivity contribution in [1.29, 1.82) is 0 Å². The van der Waals surface area contributed by atoms with E-state index < -0.39 is 0 Å². The summed E-state index contributed by atoms with van der Waals surface area (Å²) in [4.78, 5) is 26.0. The molecule has 0 radical (unpaired) electrons. The molecule has 0 unspecified atom stereocenters. The van der Waals surface area contributed by atoms with E-state index in [1.807, 2.05) is 32.0 Å². The first-order valence-corrected chi connectivity index (χ1v) is 7.27. The number of hydrogen-bond donors (Lipinski definition) is 1. The van der Waals surface area contributed by atoms with Gasteiger partial charge in [0.15, 0.2) is 0 Å². The van der Waals surface area contributed by atoms with Gasteiger partial charge in [-0.05, 0) is 49.2 Å². The van der Waals surface area contributed by atoms with Crippen molar-refractivity contribution < 1.29 is 14.3 Å². The van der Waals surface area contributed by atoms with E-state index in [0.29, 0.717) is 24.4 Å². The molecule has 0 spiro atoms. The zero-order valence-electron chi connectivity index (χ0n) is 13.1. The molecule has 5 nitrogen and oxygen atoms in total. The van der Waals surface area contributed by atoms with Crippen molar-refractivity contribution in [3.63, 3.8) is 0 Å². The van der Waals surface area contributed by atoms with Gasteiger partial charge in [-0.25, -0.2) is 4.79 Å². The van der Waals surface area contributed by atoms with Crippen LogP contribution in [0.5, 0.6) is 5.75 Å². The number of rotatable bonds is 6. The number of amides is 1. The van der Waals surface area contributed by atoms with Crippen molar-refractivity contribution >= 4 is 17.7 Å². The molecule has 0 aliphatic carbocycles. The lowest BCUT2D eigenvalue weighted by atomic mass is 10.1. The Kier molecular flexibility index (Phi) is 5.67. The Labute approximate surface area is 135 Å². The summed E-state index contributed by atoms with van der Waals surface area (Å²) in [7, 11) is 0. The van der Waals surface area contributed by atoms with Crippen LogP contribution in [0.2, 0.25) is 0 Å². The van der Waals surface area contributed by atoms with Crippen LogP contribution in [0.15, 0.2) is 47.5 Å². The zero-order valence-corrected chi connectivity index (χ0v) is 13.1. The Bertz CT molecular complexity index is 750. The molecule has 1 amide bonds. The minimum absolute atomic E-state index is 0.301. The fourth-order valence-electron chi connectivity index (χ4n) is 2.04. The molecule has 1 N–H and O–H groups in total. The lowest BCUT2D eigenvalue weighted by Gasteiger charge is -2.10. The van der Waals surface area contributed by atoms with Crippen LogP contribution in [0.1, 0.15) is 21.5 Å². The molecular formula is C18H18N2O3. The van der Waals surface area contributed by atoms with Crippen LogP contribution >= 0.6 is 0 Å². The molecule has 0 aliphatic rings. The number of aliphatic imine (C=N–C) groups is 1. The van der Waals surface area contributed by atoms with Gasteiger partial charge in [-0.15, -0.1) is 0 Å². The van der Waals surface area contributed by atoms with Crippen molar-refractivity contribution in [2.75, 3.05) is 13.2 Å². The molecule has 0 saturated heterocycles. The monoisotopic (exact) mass is 310 g/mol. The summed E-state index contributed by atoms with van der Waals surface area (Å²) in [5, 5.41) is 2.74. The van der Waals surface area contributed by atoms with E-state index >= 15 is 0 Å². The number of benzene rings is 2. The van der Waals surface area contributed by atoms with Crippen molar-refractivity contribution in [2.24, 2.45) is 4.99 Å². The smallest absolute Gasteiger partial charge is 0.253 e. The van der Waals surface area contributed by atoms with Gasteiger partial charge in [-0.1, -0.05) is 18.2 Å². The highest BCUT2D eigenvalue weighted by Gasteiger charge is 2.09. The summed E-state index contributed by atoms with van der Waals surface area (Å²) < 4.78 is 5.61. The molecule has 2 aromatic carbocycles. The molecule has 0 aromatic heterocycles. The van der Waals surface area contributed by atoms with Crippen molar-refractivity contribution in [3.8, 4) is 5.75 Å². The Morgan fingerprint density at radius 1 is 1.17 bits per heavy atom. The quantitative estimate of drug-likeness (QED) is 0.506. The fourth-order valence-corrected chi connectivity index (χ4v) is 2.04. The summed E-state index contributed by atoms with van der Waals surface area (Å²) in [5.41, 5.74) is 3.00. The summed E-state index contributed by atoms with van der Waals surface area (Å²) in [6.45, 7) is 4.77. The number of para-hydroxylation sites is 1. The zero-order chi connectivity index (χ0) is 16.7. The van der Waals surface area contributed by atoms with Crippen molar-refractivity contribution in [2.45, 2.75) is 13.8 Å². The summed E-state index contributed by atoms with van der Waals surface area (Å²) in [6, 6.07) is 12.5. The molecule has 0 bridgehead atoms. The van der Waals surface area contributed by atoms with E-state index in [2.05, 4.69) is 10.3 Å². The van der Waals surface area contributed by atoms with E-state index in [4.69, 9.17) is 4.74 Å². The second-order valence-corrected chi connectivity index (χ2v) is 5.07. The van der Waals surface area contributed by atoms with Gasteiger partial charge in [-0.3, -0.25) is 4.79 Å². The highest BCUT2D eigenvalue weighted by molar-refractivity contribution is 5.99. The molecule has 0 atom stereocenters. The lowest BCUT2D eigenvalue weighted by Crippen LogP contribution is -2.28. The average molecular weight is 310 g/mol. The third kappa shape index (κ3) is 4.53. The molecule has 2 aromatic rings. The third-order valence-corrected chi connectivity index (χ3v) is 3.45. The Hall–Kier alpha value is -2.91. The Morgan fingerprint density at radius 3 is 2.70 bits per heavy atom. The van der Waals surface area contributed by atoms with E-state index in [0.717, 1.165) is 11.3 Å². The highest BCUT2D eigenvalue weighted by Crippen LogP contribution is 2.18. The largest absolute Gasteiger partial charge is 0.492 e. The highest BCUT2D eigenvalue weighted by atomic mass is 16.5. The number of hydrogen-bond acceptors (Lipinski definition) is 4. The van der Waals surface area contributed by atoms with Crippen LogP contribution in [0.4, 0.5) is 5.69 Å². The van der Waals surface area contributed by atoms with E-state index in [-0.39, 0.29) is 5.91 Å². The molecule has 5 heteroatoms. The third-order valence-electron chi connectivity index (χ3n) is 3.45. The summed E-state index contributed by atoms with van der Waals surface area (Å²) in [5.74, 6) is 0.469. The number of isocyanates is 1. The molecule has 0 aliphatic heterocycles. The number of nitrogens with zero attached hydrogens (tertiary/aromatic N) is 1. The summed E-state index contributed by atoms with van der Waals surface area (Å²) in [6.07, 6.45) is 1.45. The number of nitrogens with one attached hydrogen (secondary N) is 1. The van der Waals surface area contributed by atoms with Crippen LogP contribution in [0, 0.1) is 13.8 Å². The topological polar surface area (TPSA) is 67.8 Å². The molecule has 0 saturated carbocycles. The van der Waals surface area contributed by atoms with Gasteiger partial charge in [-0.2, -0.15) is 4.99 Å². The Balaban J connectivity index is 1.88. The van der Waals surface area contributed by atoms with Gasteiger partial charge in [0.1, 0.15) is 12.4 Å². The molecule has 23 heavy (non-hydrogen) atoms. The maximum Gasteiger partial charge on any atom is 0.253 e. The first-order valence-electron chi connectivity index (χ1n) is 7.27. The molecule has 0 heterocycles. The standard InChI is InChI=1S/C18H18N2O3/c1-13-7-8-15(11-14(13)2)23-10-9-19-18(22)16-5-3-4-6-17(16)20-12-21/h3-8,11H,9-10H2,1-2H3,(H,19,22). The second kappa shape index (κ2) is 7.92. The number of carbonyl (C=O) groups excluding carboxylic acids is 2. The number of carbonyl (C=O) groups is 1. The summed E-state index contributed by atoms with van der Waals surface area (Å²) >= 11 is 0. The first-order chi connectivity index (χ1) is 11.1.